The van der Waals surface area contributed by atoms with Crippen LogP contribution in [0.3, 0.4) is 0 Å². The van der Waals surface area contributed by atoms with Gasteiger partial charge in [-0.15, -0.1) is 0 Å². The predicted molar refractivity (Wildman–Crippen MR) is 90.2 cm³/mol. The standard InChI is InChI=1S/C16H29N3OS/c1-19-11-9-16(10-12-19,15(17)21)18-14(20)13-7-5-3-2-4-6-8-13/h13H,2-12H2,1H3,(H2,17,21)(H,18,20). The highest BCUT2D eigenvalue weighted by Gasteiger charge is 2.39. The lowest BCUT2D eigenvalue weighted by Gasteiger charge is -2.41. The zero-order valence-electron chi connectivity index (χ0n) is 13.2. The van der Waals surface area contributed by atoms with E-state index >= 15 is 0 Å². The molecule has 2 rings (SSSR count). The number of carbonyl (C=O) groups is 1. The lowest BCUT2D eigenvalue weighted by molar-refractivity contribution is -0.127. The Morgan fingerprint density at radius 3 is 2.19 bits per heavy atom. The summed E-state index contributed by atoms with van der Waals surface area (Å²) in [7, 11) is 2.10. The second-order valence-electron chi connectivity index (χ2n) is 6.78. The molecule has 0 spiro atoms. The van der Waals surface area contributed by atoms with Gasteiger partial charge >= 0.3 is 0 Å². The van der Waals surface area contributed by atoms with Crippen molar-refractivity contribution in [3.05, 3.63) is 0 Å². The van der Waals surface area contributed by atoms with Crippen molar-refractivity contribution in [2.75, 3.05) is 20.1 Å². The molecule has 1 amide bonds. The molecule has 21 heavy (non-hydrogen) atoms. The Balaban J connectivity index is 1.98. The van der Waals surface area contributed by atoms with Crippen LogP contribution in [0.25, 0.3) is 0 Å². The van der Waals surface area contributed by atoms with Gasteiger partial charge in [-0.25, -0.2) is 0 Å². The Labute approximate surface area is 133 Å². The van der Waals surface area contributed by atoms with Gasteiger partial charge in [0.25, 0.3) is 0 Å². The van der Waals surface area contributed by atoms with Crippen LogP contribution in [0, 0.1) is 5.92 Å². The monoisotopic (exact) mass is 311 g/mol. The van der Waals surface area contributed by atoms with Crippen molar-refractivity contribution in [2.45, 2.75) is 63.3 Å². The third-order valence-electron chi connectivity index (χ3n) is 5.15. The maximum Gasteiger partial charge on any atom is 0.223 e. The molecular formula is C16H29N3OS. The van der Waals surface area contributed by atoms with Gasteiger partial charge in [-0.1, -0.05) is 44.3 Å². The first-order chi connectivity index (χ1) is 10.0. The highest BCUT2D eigenvalue weighted by Crippen LogP contribution is 2.26. The van der Waals surface area contributed by atoms with Crippen molar-refractivity contribution in [1.82, 2.24) is 10.2 Å². The fourth-order valence-electron chi connectivity index (χ4n) is 3.49. The third kappa shape index (κ3) is 4.39. The van der Waals surface area contributed by atoms with Gasteiger partial charge in [-0.05, 0) is 32.7 Å². The number of carbonyl (C=O) groups excluding carboxylic acids is 1. The zero-order valence-corrected chi connectivity index (χ0v) is 14.0. The maximum absolute atomic E-state index is 12.7. The van der Waals surface area contributed by atoms with Crippen molar-refractivity contribution in [1.29, 1.82) is 0 Å². The summed E-state index contributed by atoms with van der Waals surface area (Å²) in [5, 5.41) is 3.24. The lowest BCUT2D eigenvalue weighted by atomic mass is 9.85. The summed E-state index contributed by atoms with van der Waals surface area (Å²) in [6.45, 7) is 1.87. The first-order valence-corrected chi connectivity index (χ1v) is 8.75. The quantitative estimate of drug-likeness (QED) is 0.785. The van der Waals surface area contributed by atoms with Crippen LogP contribution in [0.5, 0.6) is 0 Å². The Morgan fingerprint density at radius 2 is 1.67 bits per heavy atom. The first-order valence-electron chi connectivity index (χ1n) is 8.34. The van der Waals surface area contributed by atoms with Gasteiger partial charge in [-0.3, -0.25) is 4.79 Å². The highest BCUT2D eigenvalue weighted by atomic mass is 32.1. The van der Waals surface area contributed by atoms with E-state index in [1.807, 2.05) is 0 Å². The normalized spacial score (nSPS) is 24.8. The third-order valence-corrected chi connectivity index (χ3v) is 5.54. The zero-order chi connectivity index (χ0) is 15.3. The number of amides is 1. The summed E-state index contributed by atoms with van der Waals surface area (Å²) in [6.07, 6.45) is 9.86. The van der Waals surface area contributed by atoms with E-state index in [2.05, 4.69) is 17.3 Å². The molecule has 0 radical (unpaired) electrons. The summed E-state index contributed by atoms with van der Waals surface area (Å²) in [6, 6.07) is 0. The molecule has 0 atom stereocenters. The van der Waals surface area contributed by atoms with Crippen molar-refractivity contribution in [3.63, 3.8) is 0 Å². The Morgan fingerprint density at radius 1 is 1.14 bits per heavy atom. The number of nitrogens with two attached hydrogens (primary N) is 1. The Kier molecular flexibility index (Phi) is 5.99. The van der Waals surface area contributed by atoms with Crippen LogP contribution in [-0.2, 0) is 4.79 Å². The van der Waals surface area contributed by atoms with E-state index in [0.29, 0.717) is 4.99 Å². The van der Waals surface area contributed by atoms with Crippen LogP contribution in [0.4, 0.5) is 0 Å². The molecule has 3 N–H and O–H groups in total. The lowest BCUT2D eigenvalue weighted by Crippen LogP contribution is -2.62. The second kappa shape index (κ2) is 7.54. The summed E-state index contributed by atoms with van der Waals surface area (Å²) in [4.78, 5) is 15.4. The van der Waals surface area contributed by atoms with Crippen molar-refractivity contribution < 1.29 is 4.79 Å². The van der Waals surface area contributed by atoms with Crippen LogP contribution < -0.4 is 11.1 Å². The number of nitrogens with zero attached hydrogens (tertiary/aromatic N) is 1. The smallest absolute Gasteiger partial charge is 0.223 e. The van der Waals surface area contributed by atoms with Crippen molar-refractivity contribution in [2.24, 2.45) is 11.7 Å². The fourth-order valence-corrected chi connectivity index (χ4v) is 3.74. The summed E-state index contributed by atoms with van der Waals surface area (Å²) in [5.74, 6) is 0.324. The summed E-state index contributed by atoms with van der Waals surface area (Å²) in [5.41, 5.74) is 5.52. The van der Waals surface area contributed by atoms with Crippen molar-refractivity contribution in [3.8, 4) is 0 Å². The molecule has 0 aromatic rings. The Bertz CT molecular complexity index is 370. The van der Waals surface area contributed by atoms with Gasteiger partial charge in [0.2, 0.25) is 5.91 Å². The molecule has 5 heteroatoms. The molecule has 0 bridgehead atoms. The van der Waals surface area contributed by atoms with Crippen LogP contribution >= 0.6 is 12.2 Å². The minimum absolute atomic E-state index is 0.149. The van der Waals surface area contributed by atoms with E-state index in [9.17, 15) is 4.79 Å². The van der Waals surface area contributed by atoms with Crippen molar-refractivity contribution >= 4 is 23.1 Å². The van der Waals surface area contributed by atoms with E-state index in [1.165, 1.54) is 32.1 Å². The summed E-state index contributed by atoms with van der Waals surface area (Å²) < 4.78 is 0. The number of hydrogen-bond acceptors (Lipinski definition) is 3. The van der Waals surface area contributed by atoms with Crippen LogP contribution in [0.1, 0.15) is 57.8 Å². The topological polar surface area (TPSA) is 58.4 Å². The fraction of sp³-hybridized carbons (Fsp3) is 0.875. The second-order valence-corrected chi connectivity index (χ2v) is 7.22. The van der Waals surface area contributed by atoms with Crippen LogP contribution in [0.15, 0.2) is 0 Å². The Hall–Kier alpha value is -0.680. The molecule has 1 aliphatic heterocycles. The molecule has 2 aliphatic rings. The maximum atomic E-state index is 12.7. The van der Waals surface area contributed by atoms with E-state index in [0.717, 1.165) is 38.8 Å². The van der Waals surface area contributed by atoms with Gasteiger partial charge < -0.3 is 16.0 Å². The van der Waals surface area contributed by atoms with E-state index in [1.54, 1.807) is 0 Å². The molecule has 1 heterocycles. The average Bonchev–Trinajstić information content (AvgIpc) is 2.40. The number of nitrogens with one attached hydrogen (secondary N) is 1. The average molecular weight is 311 g/mol. The predicted octanol–water partition coefficient (Wildman–Crippen LogP) is 2.21. The highest BCUT2D eigenvalue weighted by molar-refractivity contribution is 7.80. The van der Waals surface area contributed by atoms with Gasteiger partial charge in [0.05, 0.1) is 10.5 Å². The molecule has 2 fully saturated rings. The molecule has 4 nitrogen and oxygen atoms in total. The van der Waals surface area contributed by atoms with Crippen LogP contribution in [0.2, 0.25) is 0 Å². The minimum atomic E-state index is -0.457. The van der Waals surface area contributed by atoms with Gasteiger partial charge in [-0.2, -0.15) is 0 Å². The van der Waals surface area contributed by atoms with E-state index < -0.39 is 5.54 Å². The molecule has 1 saturated carbocycles. The SMILES string of the molecule is CN1CCC(NC(=O)C2CCCCCCC2)(C(N)=S)CC1. The largest absolute Gasteiger partial charge is 0.391 e. The van der Waals surface area contributed by atoms with Gasteiger partial charge in [0, 0.05) is 19.0 Å². The molecular weight excluding hydrogens is 282 g/mol. The molecule has 0 unspecified atom stereocenters. The molecule has 1 saturated heterocycles. The van der Waals surface area contributed by atoms with E-state index in [4.69, 9.17) is 18.0 Å². The van der Waals surface area contributed by atoms with Gasteiger partial charge in [0.1, 0.15) is 0 Å². The molecule has 0 aromatic heterocycles. The first kappa shape index (κ1) is 16.7. The van der Waals surface area contributed by atoms with Gasteiger partial charge in [0.15, 0.2) is 0 Å². The number of rotatable bonds is 3. The molecule has 120 valence electrons. The number of thiocarbonyl (C=S) groups is 1. The number of likely N-dealkylation sites (tertiary alicyclic amines) is 1. The number of hydrogen-bond donors (Lipinski definition) is 2. The van der Waals surface area contributed by atoms with Crippen LogP contribution in [-0.4, -0.2) is 41.5 Å². The molecule has 1 aliphatic carbocycles. The molecule has 0 aromatic carbocycles. The summed E-state index contributed by atoms with van der Waals surface area (Å²) >= 11 is 5.28. The minimum Gasteiger partial charge on any atom is -0.391 e. The van der Waals surface area contributed by atoms with E-state index in [-0.39, 0.29) is 11.8 Å². The number of piperidine rings is 1.